The molecule has 1 aliphatic rings. The molecule has 0 saturated carbocycles. The van der Waals surface area contributed by atoms with E-state index in [0.29, 0.717) is 16.7 Å². The lowest BCUT2D eigenvalue weighted by Gasteiger charge is -2.09. The van der Waals surface area contributed by atoms with Crippen molar-refractivity contribution in [2.45, 2.75) is 6.04 Å². The highest BCUT2D eigenvalue weighted by atomic mass is 35.5. The summed E-state index contributed by atoms with van der Waals surface area (Å²) in [6.07, 6.45) is -0.416. The second-order valence-electron chi connectivity index (χ2n) is 2.96. The molecular formula is C9H7Cl2NO2. The molecule has 0 bridgehead atoms. The smallest absolute Gasteiger partial charge is 0.407 e. The topological polar surface area (TPSA) is 38.3 Å². The number of nitrogens with one attached hydrogen (secondary N) is 1. The van der Waals surface area contributed by atoms with Crippen molar-refractivity contribution in [1.82, 2.24) is 5.32 Å². The number of rotatable bonds is 1. The minimum atomic E-state index is -0.416. The lowest BCUT2D eigenvalue weighted by molar-refractivity contribution is 0.177. The molecule has 1 aliphatic heterocycles. The van der Waals surface area contributed by atoms with Crippen LogP contribution in [0.15, 0.2) is 18.2 Å². The van der Waals surface area contributed by atoms with Gasteiger partial charge in [-0.15, -0.1) is 0 Å². The fourth-order valence-corrected chi connectivity index (χ4v) is 1.88. The van der Waals surface area contributed by atoms with Crippen molar-refractivity contribution in [1.29, 1.82) is 0 Å². The van der Waals surface area contributed by atoms with Gasteiger partial charge in [-0.25, -0.2) is 4.79 Å². The molecule has 1 saturated heterocycles. The molecule has 0 unspecified atom stereocenters. The van der Waals surface area contributed by atoms with E-state index in [1.54, 1.807) is 18.2 Å². The summed E-state index contributed by atoms with van der Waals surface area (Å²) in [7, 11) is 0. The minimum absolute atomic E-state index is 0.174. The Bertz CT molecular complexity index is 381. The number of alkyl carbamates (subject to hydrolysis) is 1. The van der Waals surface area contributed by atoms with Gasteiger partial charge in [0.1, 0.15) is 6.61 Å². The summed E-state index contributed by atoms with van der Waals surface area (Å²) in [5.41, 5.74) is 0.821. The molecule has 0 aliphatic carbocycles. The quantitative estimate of drug-likeness (QED) is 0.808. The maximum absolute atomic E-state index is 10.8. The van der Waals surface area contributed by atoms with E-state index < -0.39 is 6.09 Å². The Hall–Kier alpha value is -0.930. The summed E-state index contributed by atoms with van der Waals surface area (Å²) in [6, 6.07) is 4.98. The zero-order chi connectivity index (χ0) is 10.1. The van der Waals surface area contributed by atoms with Crippen molar-refractivity contribution >= 4 is 29.3 Å². The van der Waals surface area contributed by atoms with Gasteiger partial charge < -0.3 is 10.1 Å². The summed E-state index contributed by atoms with van der Waals surface area (Å²) in [6.45, 7) is 0.306. The number of halogens is 2. The number of cyclic esters (lactones) is 1. The van der Waals surface area contributed by atoms with Gasteiger partial charge in [-0.3, -0.25) is 0 Å². The molecular weight excluding hydrogens is 225 g/mol. The van der Waals surface area contributed by atoms with E-state index in [-0.39, 0.29) is 6.04 Å². The third-order valence-electron chi connectivity index (χ3n) is 2.01. The SMILES string of the molecule is O=C1N[C@@H](c2ccc(Cl)cc2Cl)CO1. The van der Waals surface area contributed by atoms with Crippen molar-refractivity contribution in [3.63, 3.8) is 0 Å². The highest BCUT2D eigenvalue weighted by molar-refractivity contribution is 6.35. The van der Waals surface area contributed by atoms with Crippen molar-refractivity contribution in [3.8, 4) is 0 Å². The molecule has 1 N–H and O–H groups in total. The van der Waals surface area contributed by atoms with Crippen LogP contribution in [0.3, 0.4) is 0 Å². The van der Waals surface area contributed by atoms with Crippen LogP contribution in [0.4, 0.5) is 4.79 Å². The van der Waals surface area contributed by atoms with Gasteiger partial charge in [0.25, 0.3) is 0 Å². The zero-order valence-corrected chi connectivity index (χ0v) is 8.60. The normalized spacial score (nSPS) is 20.4. The van der Waals surface area contributed by atoms with Gasteiger partial charge in [-0.2, -0.15) is 0 Å². The van der Waals surface area contributed by atoms with Crippen molar-refractivity contribution in [3.05, 3.63) is 33.8 Å². The highest BCUT2D eigenvalue weighted by Gasteiger charge is 2.25. The fourth-order valence-electron chi connectivity index (χ4n) is 1.34. The number of carbonyl (C=O) groups is 1. The van der Waals surface area contributed by atoms with Crippen LogP contribution in [0.1, 0.15) is 11.6 Å². The van der Waals surface area contributed by atoms with Gasteiger partial charge in [0.2, 0.25) is 0 Å². The number of hydrogen-bond donors (Lipinski definition) is 1. The van der Waals surface area contributed by atoms with Gasteiger partial charge in [-0.1, -0.05) is 29.3 Å². The largest absolute Gasteiger partial charge is 0.447 e. The number of benzene rings is 1. The maximum atomic E-state index is 10.8. The molecule has 2 rings (SSSR count). The molecule has 0 spiro atoms. The average molecular weight is 232 g/mol. The average Bonchev–Trinajstić information content (AvgIpc) is 2.51. The predicted octanol–water partition coefficient (Wildman–Crippen LogP) is 2.77. The van der Waals surface area contributed by atoms with Crippen molar-refractivity contribution in [2.24, 2.45) is 0 Å². The monoisotopic (exact) mass is 231 g/mol. The lowest BCUT2D eigenvalue weighted by Crippen LogP contribution is -2.18. The van der Waals surface area contributed by atoms with Crippen LogP contribution in [0.25, 0.3) is 0 Å². The Balaban J connectivity index is 2.28. The van der Waals surface area contributed by atoms with Crippen LogP contribution < -0.4 is 5.32 Å². The molecule has 0 aromatic heterocycles. The molecule has 0 radical (unpaired) electrons. The van der Waals surface area contributed by atoms with Gasteiger partial charge >= 0.3 is 6.09 Å². The molecule has 1 atom stereocenters. The van der Waals surface area contributed by atoms with Gasteiger partial charge in [0, 0.05) is 10.0 Å². The van der Waals surface area contributed by atoms with Crippen molar-refractivity contribution in [2.75, 3.05) is 6.61 Å². The molecule has 1 fully saturated rings. The zero-order valence-electron chi connectivity index (χ0n) is 7.09. The molecule has 5 heteroatoms. The van der Waals surface area contributed by atoms with E-state index in [2.05, 4.69) is 5.32 Å². The number of carbonyl (C=O) groups excluding carboxylic acids is 1. The van der Waals surface area contributed by atoms with Gasteiger partial charge in [0.05, 0.1) is 6.04 Å². The molecule has 3 nitrogen and oxygen atoms in total. The Labute approximate surface area is 91.0 Å². The van der Waals surface area contributed by atoms with Gasteiger partial charge in [0.15, 0.2) is 0 Å². The van der Waals surface area contributed by atoms with Crippen LogP contribution in [-0.2, 0) is 4.74 Å². The molecule has 1 heterocycles. The molecule has 74 valence electrons. The van der Waals surface area contributed by atoms with Crippen LogP contribution in [-0.4, -0.2) is 12.7 Å². The maximum Gasteiger partial charge on any atom is 0.407 e. The van der Waals surface area contributed by atoms with Crippen LogP contribution >= 0.6 is 23.2 Å². The van der Waals surface area contributed by atoms with E-state index in [0.717, 1.165) is 5.56 Å². The van der Waals surface area contributed by atoms with E-state index in [4.69, 9.17) is 27.9 Å². The lowest BCUT2D eigenvalue weighted by atomic mass is 10.1. The number of hydrogen-bond acceptors (Lipinski definition) is 2. The summed E-state index contributed by atoms with van der Waals surface area (Å²) in [4.78, 5) is 10.8. The van der Waals surface area contributed by atoms with E-state index in [1.807, 2.05) is 0 Å². The third-order valence-corrected chi connectivity index (χ3v) is 2.57. The Morgan fingerprint density at radius 1 is 1.43 bits per heavy atom. The Kier molecular flexibility index (Phi) is 2.52. The van der Waals surface area contributed by atoms with Crippen LogP contribution in [0.5, 0.6) is 0 Å². The number of ether oxygens (including phenoxy) is 1. The minimum Gasteiger partial charge on any atom is -0.447 e. The fraction of sp³-hybridized carbons (Fsp3) is 0.222. The van der Waals surface area contributed by atoms with Crippen molar-refractivity contribution < 1.29 is 9.53 Å². The molecule has 1 aromatic carbocycles. The predicted molar refractivity (Wildman–Crippen MR) is 53.7 cm³/mol. The van der Waals surface area contributed by atoms with E-state index in [9.17, 15) is 4.79 Å². The first-order valence-corrected chi connectivity index (χ1v) is 4.80. The third kappa shape index (κ3) is 1.79. The first kappa shape index (κ1) is 9.62. The van der Waals surface area contributed by atoms with Crippen LogP contribution in [0.2, 0.25) is 10.0 Å². The van der Waals surface area contributed by atoms with Crippen LogP contribution in [0, 0.1) is 0 Å². The van der Waals surface area contributed by atoms with E-state index >= 15 is 0 Å². The van der Waals surface area contributed by atoms with E-state index in [1.165, 1.54) is 0 Å². The Morgan fingerprint density at radius 3 is 2.79 bits per heavy atom. The second kappa shape index (κ2) is 3.67. The summed E-state index contributed by atoms with van der Waals surface area (Å²) < 4.78 is 4.76. The second-order valence-corrected chi connectivity index (χ2v) is 3.80. The summed E-state index contributed by atoms with van der Waals surface area (Å²) in [5.74, 6) is 0. The van der Waals surface area contributed by atoms with Gasteiger partial charge in [-0.05, 0) is 17.7 Å². The first-order valence-electron chi connectivity index (χ1n) is 4.05. The number of amides is 1. The molecule has 1 aromatic rings. The molecule has 14 heavy (non-hydrogen) atoms. The summed E-state index contributed by atoms with van der Waals surface area (Å²) >= 11 is 11.7. The molecule has 1 amide bonds. The summed E-state index contributed by atoms with van der Waals surface area (Å²) in [5, 5.41) is 3.75. The first-order chi connectivity index (χ1) is 6.66. The highest BCUT2D eigenvalue weighted by Crippen LogP contribution is 2.28. The standard InChI is InChI=1S/C9H7Cl2NO2/c10-5-1-2-6(7(11)3-5)8-4-14-9(13)12-8/h1-3,8H,4H2,(H,12,13)/t8-/m1/s1. The Morgan fingerprint density at radius 2 is 2.21 bits per heavy atom.